The first kappa shape index (κ1) is 42.0. The molecule has 0 aliphatic carbocycles. The molecule has 0 radical (unpaired) electrons. The summed E-state index contributed by atoms with van der Waals surface area (Å²) in [7, 11) is 13.1. The number of quaternary nitrogens is 3. The molecule has 32 heavy (non-hydrogen) atoms. The quantitative estimate of drug-likeness (QED) is 0.138. The fourth-order valence-electron chi connectivity index (χ4n) is 0.958. The lowest BCUT2D eigenvalue weighted by Crippen LogP contribution is -2.36. The van der Waals surface area contributed by atoms with E-state index in [1.807, 2.05) is 0 Å². The Kier molecular flexibility index (Phi) is 29.5. The maximum absolute atomic E-state index is 8.55. The molecule has 0 bridgehead atoms. The minimum atomic E-state index is -5.39. The second kappa shape index (κ2) is 22.5. The van der Waals surface area contributed by atoms with Crippen LogP contribution in [-0.4, -0.2) is 166 Å². The van der Waals surface area contributed by atoms with Crippen LogP contribution in [0, 0.1) is 0 Å². The van der Waals surface area contributed by atoms with Gasteiger partial charge in [-0.1, -0.05) is 0 Å². The van der Waals surface area contributed by atoms with Crippen LogP contribution in [-0.2, 0) is 4.57 Å². The molecule has 0 amide bonds. The number of hydrogen-bond acceptors (Lipinski definition) is 10. The normalized spacial score (nSPS) is 11.6. The molecule has 0 unspecified atom stereocenters. The molecular weight excluding hydrogens is 449 g/mol. The third-order valence-corrected chi connectivity index (χ3v) is 2.73. The summed E-state index contributed by atoms with van der Waals surface area (Å²) in [5, 5.41) is 49.2. The Labute approximate surface area is 194 Å². The zero-order valence-corrected chi connectivity index (χ0v) is 22.2. The van der Waals surface area contributed by atoms with Crippen LogP contribution in [0.1, 0.15) is 0 Å². The Morgan fingerprint density at radius 3 is 0.750 bits per heavy atom. The number of rotatable bonds is 8. The molecule has 6 N–H and O–H groups in total. The second-order valence-corrected chi connectivity index (χ2v) is 10.6. The molecule has 0 aromatic heterocycles. The van der Waals surface area contributed by atoms with Crippen molar-refractivity contribution in [3.63, 3.8) is 0 Å². The van der Waals surface area contributed by atoms with Gasteiger partial charge < -0.3 is 63.3 Å². The summed E-state index contributed by atoms with van der Waals surface area (Å²) in [6, 6.07) is 0. The minimum absolute atomic E-state index is 0.281. The van der Waals surface area contributed by atoms with Crippen molar-refractivity contribution in [2.45, 2.75) is 6.10 Å². The zero-order valence-electron chi connectivity index (χ0n) is 21.3. The number of hydrogen-bond donors (Lipinski definition) is 6. The first-order valence-electron chi connectivity index (χ1n) is 9.86. The molecule has 0 heterocycles. The highest BCUT2D eigenvalue weighted by molar-refractivity contribution is 7.40. The van der Waals surface area contributed by atoms with Gasteiger partial charge in [0.1, 0.15) is 25.7 Å². The Bertz CT molecular complexity index is 368. The van der Waals surface area contributed by atoms with Crippen LogP contribution in [0.2, 0.25) is 0 Å². The van der Waals surface area contributed by atoms with E-state index in [0.717, 1.165) is 33.1 Å². The standard InChI is InChI=1S/3C5H14NO.C3H8O3.H3O4P/c3*1-6(2,3)4-5-7;4-1-3(6)2-5;1-5(2,3)4/h3*7H,4-5H2,1-3H3;3-6H,1-2H2;(H3,1,2,3,4)/q3*+1;;/p-3. The summed E-state index contributed by atoms with van der Waals surface area (Å²) in [5.74, 6) is 0. The Morgan fingerprint density at radius 2 is 0.750 bits per heavy atom. The van der Waals surface area contributed by atoms with Gasteiger partial charge in [0.15, 0.2) is 0 Å². The summed E-state index contributed by atoms with van der Waals surface area (Å²) in [6.45, 7) is 2.61. The van der Waals surface area contributed by atoms with E-state index < -0.39 is 13.9 Å². The van der Waals surface area contributed by atoms with Gasteiger partial charge in [0, 0.05) is 0 Å². The predicted molar refractivity (Wildman–Crippen MR) is 118 cm³/mol. The average molecular weight is 500 g/mol. The Hall–Kier alpha value is -0.250. The summed E-state index contributed by atoms with van der Waals surface area (Å²) in [4.78, 5) is 25.6. The largest absolute Gasteiger partial charge is 0.822 e. The van der Waals surface area contributed by atoms with Crippen LogP contribution in [0.4, 0.5) is 0 Å². The molecule has 0 saturated carbocycles. The van der Waals surface area contributed by atoms with Gasteiger partial charge in [-0.25, -0.2) is 0 Å². The van der Waals surface area contributed by atoms with Crippen molar-refractivity contribution in [2.24, 2.45) is 0 Å². The number of aliphatic hydroxyl groups excluding tert-OH is 6. The van der Waals surface area contributed by atoms with E-state index in [1.54, 1.807) is 0 Å². The van der Waals surface area contributed by atoms with E-state index in [-0.39, 0.29) is 33.0 Å². The van der Waals surface area contributed by atoms with Gasteiger partial charge in [0.25, 0.3) is 0 Å². The van der Waals surface area contributed by atoms with Gasteiger partial charge in [0.05, 0.1) is 96.5 Å². The molecule has 0 aromatic rings. The summed E-state index contributed by atoms with van der Waals surface area (Å²) < 4.78 is 11.1. The SMILES string of the molecule is C[N+](C)(C)CCO.C[N+](C)(C)CCO.C[N+](C)(C)CCO.O=P([O-])([O-])[O-].OCC(O)CO. The van der Waals surface area contributed by atoms with Crippen molar-refractivity contribution < 1.29 is 63.3 Å². The van der Waals surface area contributed by atoms with E-state index in [1.165, 1.54) is 0 Å². The smallest absolute Gasteiger partial charge is 0.101 e. The van der Waals surface area contributed by atoms with Gasteiger partial charge in [-0.3, -0.25) is 0 Å². The van der Waals surface area contributed by atoms with Crippen LogP contribution in [0.5, 0.6) is 0 Å². The van der Waals surface area contributed by atoms with Crippen molar-refractivity contribution in [2.75, 3.05) is 116 Å². The fourth-order valence-corrected chi connectivity index (χ4v) is 0.958. The number of nitrogens with zero attached hydrogens (tertiary/aromatic N) is 3. The molecular formula is C18H50N3O10P. The predicted octanol–water partition coefficient (Wildman–Crippen LogP) is -5.44. The first-order chi connectivity index (χ1) is 14.0. The highest BCUT2D eigenvalue weighted by atomic mass is 31.2. The van der Waals surface area contributed by atoms with Crippen molar-refractivity contribution in [3.05, 3.63) is 0 Å². The fraction of sp³-hybridized carbons (Fsp3) is 1.00. The van der Waals surface area contributed by atoms with Crippen LogP contribution in [0.3, 0.4) is 0 Å². The van der Waals surface area contributed by atoms with Crippen molar-refractivity contribution in [3.8, 4) is 0 Å². The van der Waals surface area contributed by atoms with E-state index in [0.29, 0.717) is 0 Å². The Morgan fingerprint density at radius 1 is 0.594 bits per heavy atom. The average Bonchev–Trinajstić information content (AvgIpc) is 2.51. The molecule has 0 aliphatic rings. The maximum atomic E-state index is 8.55. The van der Waals surface area contributed by atoms with Gasteiger partial charge in [-0.15, -0.1) is 0 Å². The van der Waals surface area contributed by atoms with Crippen molar-refractivity contribution in [1.82, 2.24) is 0 Å². The Balaban J connectivity index is -0.0000000954. The number of likely N-dealkylation sites (N-methyl/N-ethyl adjacent to an activating group) is 3. The molecule has 0 rings (SSSR count). The van der Waals surface area contributed by atoms with Crippen LogP contribution >= 0.6 is 7.82 Å². The van der Waals surface area contributed by atoms with E-state index in [2.05, 4.69) is 63.4 Å². The summed E-state index contributed by atoms with van der Waals surface area (Å²) >= 11 is 0. The topological polar surface area (TPSA) is 208 Å². The second-order valence-electron chi connectivity index (χ2n) is 9.68. The number of phosphoric acid groups is 1. The van der Waals surface area contributed by atoms with Crippen LogP contribution in [0.25, 0.3) is 0 Å². The highest BCUT2D eigenvalue weighted by Crippen LogP contribution is 2.03. The van der Waals surface area contributed by atoms with E-state index >= 15 is 0 Å². The minimum Gasteiger partial charge on any atom is -0.822 e. The van der Waals surface area contributed by atoms with E-state index in [9.17, 15) is 0 Å². The molecule has 0 atom stereocenters. The molecule has 0 aromatic carbocycles. The summed E-state index contributed by atoms with van der Waals surface area (Å²) in [6.07, 6.45) is -0.954. The number of aliphatic hydroxyl groups is 6. The van der Waals surface area contributed by atoms with Crippen molar-refractivity contribution in [1.29, 1.82) is 0 Å². The first-order valence-corrected chi connectivity index (χ1v) is 11.3. The maximum Gasteiger partial charge on any atom is 0.101 e. The van der Waals surface area contributed by atoms with Gasteiger partial charge in [-0.2, -0.15) is 7.82 Å². The molecule has 0 saturated heterocycles. The molecule has 0 aliphatic heterocycles. The molecule has 202 valence electrons. The lowest BCUT2D eigenvalue weighted by Gasteiger charge is -2.36. The van der Waals surface area contributed by atoms with E-state index in [4.69, 9.17) is 49.9 Å². The third kappa shape index (κ3) is 99.1. The third-order valence-electron chi connectivity index (χ3n) is 2.73. The van der Waals surface area contributed by atoms with Gasteiger partial charge >= 0.3 is 0 Å². The van der Waals surface area contributed by atoms with Crippen molar-refractivity contribution >= 4 is 7.82 Å². The molecule has 14 heteroatoms. The molecule has 0 spiro atoms. The molecule has 13 nitrogen and oxygen atoms in total. The van der Waals surface area contributed by atoms with Crippen LogP contribution in [0.15, 0.2) is 0 Å². The van der Waals surface area contributed by atoms with Gasteiger partial charge in [-0.05, 0) is 0 Å². The molecule has 0 fully saturated rings. The lowest BCUT2D eigenvalue weighted by atomic mass is 10.4. The van der Waals surface area contributed by atoms with Gasteiger partial charge in [0.2, 0.25) is 0 Å². The highest BCUT2D eigenvalue weighted by Gasteiger charge is 2.03. The lowest BCUT2D eigenvalue weighted by molar-refractivity contribution is -0.870. The zero-order chi connectivity index (χ0) is 27.2. The monoisotopic (exact) mass is 499 g/mol. The summed E-state index contributed by atoms with van der Waals surface area (Å²) in [5.41, 5.74) is 0. The van der Waals surface area contributed by atoms with Crippen LogP contribution < -0.4 is 14.7 Å².